The van der Waals surface area contributed by atoms with E-state index < -0.39 is 5.97 Å². The van der Waals surface area contributed by atoms with Crippen molar-refractivity contribution in [2.45, 2.75) is 45.6 Å². The van der Waals surface area contributed by atoms with Gasteiger partial charge in [0, 0.05) is 31.5 Å². The smallest absolute Gasteiger partial charge is 0.343 e. The van der Waals surface area contributed by atoms with E-state index in [0.29, 0.717) is 30.8 Å². The number of ether oxygens (including phenoxy) is 2. The topological polar surface area (TPSA) is 83.9 Å². The summed E-state index contributed by atoms with van der Waals surface area (Å²) in [5.74, 6) is -0.252. The zero-order valence-electron chi connectivity index (χ0n) is 18.5. The first kappa shape index (κ1) is 22.9. The number of nitrogens with zero attached hydrogens (tertiary/aromatic N) is 2. The number of nitrogens with one attached hydrogen (secondary N) is 1. The minimum atomic E-state index is -1.03. The molecule has 0 radical (unpaired) electrons. The number of carboxylic acid groups (broad SMARTS) is 1. The van der Waals surface area contributed by atoms with Crippen LogP contribution in [0.15, 0.2) is 36.7 Å². The van der Waals surface area contributed by atoms with Gasteiger partial charge in [0.15, 0.2) is 0 Å². The first-order valence-electron chi connectivity index (χ1n) is 11.2. The number of rotatable bonds is 11. The SMILES string of the molecule is CCOc1cc(CCCN2CCC(Nc3cccnc3)CC2)cc(OCC)c1C(=O)O. The lowest BCUT2D eigenvalue weighted by Crippen LogP contribution is -2.39. The number of hydrogen-bond acceptors (Lipinski definition) is 6. The number of likely N-dealkylation sites (tertiary alicyclic amines) is 1. The summed E-state index contributed by atoms with van der Waals surface area (Å²) >= 11 is 0. The molecule has 0 saturated carbocycles. The first-order chi connectivity index (χ1) is 15.1. The predicted molar refractivity (Wildman–Crippen MR) is 121 cm³/mol. The van der Waals surface area contributed by atoms with Crippen LogP contribution in [0.4, 0.5) is 5.69 Å². The standard InChI is InChI=1S/C24H33N3O4/c1-3-30-21-15-18(16-22(31-4-2)23(21)24(28)29)7-6-12-27-13-9-19(10-14-27)26-20-8-5-11-25-17-20/h5,8,11,15-17,19,26H,3-4,6-7,9-10,12-14H2,1-2H3,(H,28,29). The molecular weight excluding hydrogens is 394 g/mol. The lowest BCUT2D eigenvalue weighted by Gasteiger charge is -2.32. The number of carbonyl (C=O) groups is 1. The van der Waals surface area contributed by atoms with Gasteiger partial charge in [0.2, 0.25) is 0 Å². The second-order valence-electron chi connectivity index (χ2n) is 7.74. The molecule has 1 aliphatic heterocycles. The Morgan fingerprint density at radius 1 is 1.19 bits per heavy atom. The van der Waals surface area contributed by atoms with Crippen LogP contribution in [0, 0.1) is 0 Å². The van der Waals surface area contributed by atoms with E-state index in [2.05, 4.69) is 21.3 Å². The molecule has 1 fully saturated rings. The molecule has 31 heavy (non-hydrogen) atoms. The van der Waals surface area contributed by atoms with Gasteiger partial charge in [-0.3, -0.25) is 4.98 Å². The van der Waals surface area contributed by atoms with Gasteiger partial charge in [0.05, 0.1) is 18.9 Å². The highest BCUT2D eigenvalue weighted by Crippen LogP contribution is 2.32. The van der Waals surface area contributed by atoms with Gasteiger partial charge in [0.1, 0.15) is 17.1 Å². The lowest BCUT2D eigenvalue weighted by atomic mass is 10.0. The maximum absolute atomic E-state index is 11.7. The molecule has 2 N–H and O–H groups in total. The number of hydrogen-bond donors (Lipinski definition) is 2. The number of carboxylic acids is 1. The zero-order valence-corrected chi connectivity index (χ0v) is 18.5. The summed E-state index contributed by atoms with van der Waals surface area (Å²) < 4.78 is 11.2. The molecule has 0 aliphatic carbocycles. The number of aromatic carboxylic acids is 1. The number of pyridine rings is 1. The van der Waals surface area contributed by atoms with Crippen LogP contribution in [-0.2, 0) is 6.42 Å². The minimum Gasteiger partial charge on any atom is -0.493 e. The molecule has 1 aromatic heterocycles. The summed E-state index contributed by atoms with van der Waals surface area (Å²) in [4.78, 5) is 18.4. The summed E-state index contributed by atoms with van der Waals surface area (Å²) in [6.45, 7) is 7.70. The van der Waals surface area contributed by atoms with Gasteiger partial charge >= 0.3 is 5.97 Å². The quantitative estimate of drug-likeness (QED) is 0.559. The van der Waals surface area contributed by atoms with Crippen LogP contribution in [-0.4, -0.2) is 59.8 Å². The summed E-state index contributed by atoms with van der Waals surface area (Å²) in [6, 6.07) is 8.20. The molecule has 2 heterocycles. The number of aryl methyl sites for hydroxylation is 1. The van der Waals surface area contributed by atoms with Crippen LogP contribution in [0.3, 0.4) is 0 Å². The fraction of sp³-hybridized carbons (Fsp3) is 0.500. The molecule has 7 heteroatoms. The van der Waals surface area contributed by atoms with Crippen LogP contribution in [0.2, 0.25) is 0 Å². The average molecular weight is 428 g/mol. The molecule has 0 atom stereocenters. The Balaban J connectivity index is 1.51. The third kappa shape index (κ3) is 6.59. The van der Waals surface area contributed by atoms with Crippen LogP contribution in [0.5, 0.6) is 11.5 Å². The van der Waals surface area contributed by atoms with Gasteiger partial charge in [-0.1, -0.05) is 0 Å². The molecule has 1 saturated heterocycles. The average Bonchev–Trinajstić information content (AvgIpc) is 2.76. The maximum Gasteiger partial charge on any atom is 0.343 e. The van der Waals surface area contributed by atoms with Crippen molar-refractivity contribution < 1.29 is 19.4 Å². The van der Waals surface area contributed by atoms with Crippen molar-refractivity contribution in [2.75, 3.05) is 38.2 Å². The molecule has 168 valence electrons. The van der Waals surface area contributed by atoms with Gasteiger partial charge in [-0.2, -0.15) is 0 Å². The molecule has 0 amide bonds. The fourth-order valence-electron chi connectivity index (χ4n) is 4.03. The molecule has 3 rings (SSSR count). The van der Waals surface area contributed by atoms with Crippen molar-refractivity contribution in [3.63, 3.8) is 0 Å². The highest BCUT2D eigenvalue weighted by molar-refractivity contribution is 5.94. The van der Waals surface area contributed by atoms with E-state index in [1.165, 1.54) is 0 Å². The summed E-state index contributed by atoms with van der Waals surface area (Å²) in [6.07, 6.45) is 7.75. The predicted octanol–water partition coefficient (Wildman–Crippen LogP) is 4.09. The van der Waals surface area contributed by atoms with E-state index in [9.17, 15) is 9.90 Å². The molecule has 7 nitrogen and oxygen atoms in total. The second-order valence-corrected chi connectivity index (χ2v) is 7.74. The largest absolute Gasteiger partial charge is 0.493 e. The third-order valence-electron chi connectivity index (χ3n) is 5.50. The van der Waals surface area contributed by atoms with Crippen molar-refractivity contribution in [3.05, 3.63) is 47.8 Å². The fourth-order valence-corrected chi connectivity index (χ4v) is 4.03. The van der Waals surface area contributed by atoms with E-state index in [4.69, 9.17) is 9.47 Å². The normalized spacial score (nSPS) is 14.9. The molecule has 2 aromatic rings. The van der Waals surface area contributed by atoms with Crippen molar-refractivity contribution in [3.8, 4) is 11.5 Å². The number of benzene rings is 1. The number of anilines is 1. The van der Waals surface area contributed by atoms with Crippen LogP contribution < -0.4 is 14.8 Å². The summed E-state index contributed by atoms with van der Waals surface area (Å²) in [5.41, 5.74) is 2.24. The van der Waals surface area contributed by atoms with E-state index in [-0.39, 0.29) is 5.56 Å². The monoisotopic (exact) mass is 427 g/mol. The highest BCUT2D eigenvalue weighted by atomic mass is 16.5. The van der Waals surface area contributed by atoms with Gasteiger partial charge in [-0.25, -0.2) is 4.79 Å². The summed E-state index contributed by atoms with van der Waals surface area (Å²) in [7, 11) is 0. The van der Waals surface area contributed by atoms with Crippen LogP contribution in [0.1, 0.15) is 49.0 Å². The minimum absolute atomic E-state index is 0.107. The van der Waals surface area contributed by atoms with Crippen molar-refractivity contribution in [1.82, 2.24) is 9.88 Å². The number of aromatic nitrogens is 1. The third-order valence-corrected chi connectivity index (χ3v) is 5.50. The molecule has 1 aromatic carbocycles. The van der Waals surface area contributed by atoms with E-state index >= 15 is 0 Å². The Kier molecular flexibility index (Phi) is 8.53. The Morgan fingerprint density at radius 3 is 2.42 bits per heavy atom. The van der Waals surface area contributed by atoms with Gasteiger partial charge in [0.25, 0.3) is 0 Å². The Labute approximate surface area is 184 Å². The summed E-state index contributed by atoms with van der Waals surface area (Å²) in [5, 5.41) is 13.1. The van der Waals surface area contributed by atoms with E-state index in [1.807, 2.05) is 38.2 Å². The van der Waals surface area contributed by atoms with Gasteiger partial charge in [-0.05, 0) is 75.9 Å². The second kappa shape index (κ2) is 11.6. The van der Waals surface area contributed by atoms with Gasteiger partial charge < -0.3 is 24.8 Å². The Bertz CT molecular complexity index is 809. The first-order valence-corrected chi connectivity index (χ1v) is 11.2. The van der Waals surface area contributed by atoms with E-state index in [0.717, 1.165) is 56.6 Å². The van der Waals surface area contributed by atoms with Crippen LogP contribution >= 0.6 is 0 Å². The van der Waals surface area contributed by atoms with Gasteiger partial charge in [-0.15, -0.1) is 0 Å². The van der Waals surface area contributed by atoms with E-state index in [1.54, 1.807) is 6.20 Å². The molecule has 1 aliphatic rings. The maximum atomic E-state index is 11.7. The lowest BCUT2D eigenvalue weighted by molar-refractivity contribution is 0.0688. The molecule has 0 unspecified atom stereocenters. The Hall–Kier alpha value is -2.80. The molecule has 0 bridgehead atoms. The Morgan fingerprint density at radius 2 is 1.87 bits per heavy atom. The molecular formula is C24H33N3O4. The zero-order chi connectivity index (χ0) is 22.1. The highest BCUT2D eigenvalue weighted by Gasteiger charge is 2.21. The van der Waals surface area contributed by atoms with Crippen molar-refractivity contribution in [2.24, 2.45) is 0 Å². The van der Waals surface area contributed by atoms with Crippen LogP contribution in [0.25, 0.3) is 0 Å². The van der Waals surface area contributed by atoms with Crippen molar-refractivity contribution >= 4 is 11.7 Å². The number of piperidine rings is 1. The van der Waals surface area contributed by atoms with Crippen molar-refractivity contribution in [1.29, 1.82) is 0 Å². The molecule has 0 spiro atoms.